The number of ether oxygens (including phenoxy) is 1. The summed E-state index contributed by atoms with van der Waals surface area (Å²) >= 11 is 6.00. The molecule has 8 heteroatoms. The van der Waals surface area contributed by atoms with E-state index in [0.29, 0.717) is 18.8 Å². The quantitative estimate of drug-likeness (QED) is 0.771. The monoisotopic (exact) mass is 334 g/mol. The summed E-state index contributed by atoms with van der Waals surface area (Å²) in [4.78, 5) is 11.1. The Morgan fingerprint density at radius 3 is 2.48 bits per heavy atom. The van der Waals surface area contributed by atoms with E-state index in [2.05, 4.69) is 10.1 Å². The average Bonchev–Trinajstić information content (AvgIpc) is 2.46. The normalized spacial score (nSPS) is 11.5. The Balaban J connectivity index is 3.10. The van der Waals surface area contributed by atoms with Gasteiger partial charge in [0.1, 0.15) is 11.4 Å². The molecule has 0 amide bonds. The van der Waals surface area contributed by atoms with Crippen molar-refractivity contribution in [3.8, 4) is 0 Å². The minimum absolute atomic E-state index is 0.0164. The lowest BCUT2D eigenvalue weighted by atomic mass is 10.3. The molecule has 0 atom stereocenters. The van der Waals surface area contributed by atoms with Gasteiger partial charge in [-0.05, 0) is 18.2 Å². The lowest BCUT2D eigenvalue weighted by molar-refractivity contribution is -0.138. The molecule has 0 aliphatic heterocycles. The number of benzene rings is 1. The topological polar surface area (TPSA) is 75.7 Å². The number of nitrogens with one attached hydrogen (secondary N) is 1. The van der Waals surface area contributed by atoms with Gasteiger partial charge >= 0.3 is 5.97 Å². The molecular weight excluding hydrogens is 316 g/mol. The van der Waals surface area contributed by atoms with Gasteiger partial charge in [-0.3, -0.25) is 4.79 Å². The molecule has 0 aromatic heterocycles. The smallest absolute Gasteiger partial charge is 0.325 e. The van der Waals surface area contributed by atoms with E-state index < -0.39 is 16.0 Å². The number of hydrogen-bond donors (Lipinski definition) is 1. The Hall–Kier alpha value is -1.31. The number of anilines is 1. The van der Waals surface area contributed by atoms with E-state index >= 15 is 0 Å². The molecule has 1 N–H and O–H groups in total. The lowest BCUT2D eigenvalue weighted by Crippen LogP contribution is -2.30. The fourth-order valence-electron chi connectivity index (χ4n) is 1.76. The van der Waals surface area contributed by atoms with Crippen molar-refractivity contribution in [2.45, 2.75) is 18.7 Å². The van der Waals surface area contributed by atoms with Gasteiger partial charge in [-0.25, -0.2) is 8.42 Å². The van der Waals surface area contributed by atoms with Crippen LogP contribution in [0.1, 0.15) is 13.8 Å². The van der Waals surface area contributed by atoms with Crippen molar-refractivity contribution in [1.29, 1.82) is 0 Å². The number of carbonyl (C=O) groups excluding carboxylic acids is 1. The van der Waals surface area contributed by atoms with E-state index in [1.165, 1.54) is 23.5 Å². The Labute approximate surface area is 130 Å². The first-order valence-electron chi connectivity index (χ1n) is 6.47. The molecule has 0 saturated heterocycles. The van der Waals surface area contributed by atoms with E-state index in [4.69, 9.17) is 11.6 Å². The summed E-state index contributed by atoms with van der Waals surface area (Å²) in [6.07, 6.45) is 0. The first-order valence-corrected chi connectivity index (χ1v) is 8.29. The Bertz CT molecular complexity index is 600. The second-order valence-corrected chi connectivity index (χ2v) is 6.48. The van der Waals surface area contributed by atoms with Gasteiger partial charge in [0.05, 0.1) is 12.1 Å². The lowest BCUT2D eigenvalue weighted by Gasteiger charge is -2.19. The van der Waals surface area contributed by atoms with Crippen LogP contribution in [0.3, 0.4) is 0 Å². The Morgan fingerprint density at radius 1 is 1.33 bits per heavy atom. The van der Waals surface area contributed by atoms with Gasteiger partial charge in [-0.1, -0.05) is 25.4 Å². The van der Waals surface area contributed by atoms with Gasteiger partial charge in [-0.15, -0.1) is 0 Å². The van der Waals surface area contributed by atoms with Gasteiger partial charge < -0.3 is 10.1 Å². The third-order valence-corrected chi connectivity index (χ3v) is 5.45. The molecule has 0 unspecified atom stereocenters. The highest BCUT2D eigenvalue weighted by molar-refractivity contribution is 7.89. The molecule has 0 radical (unpaired) electrons. The number of sulfonamides is 1. The van der Waals surface area contributed by atoms with Crippen LogP contribution in [-0.2, 0) is 19.6 Å². The molecule has 0 aliphatic carbocycles. The number of halogens is 1. The number of rotatable bonds is 7. The van der Waals surface area contributed by atoms with E-state index in [0.717, 1.165) is 0 Å². The summed E-state index contributed by atoms with van der Waals surface area (Å²) in [5.41, 5.74) is 0.482. The number of methoxy groups -OCH3 is 1. The Kier molecular flexibility index (Phi) is 6.44. The fourth-order valence-corrected chi connectivity index (χ4v) is 3.72. The van der Waals surface area contributed by atoms with Crippen LogP contribution in [0.25, 0.3) is 0 Å². The average molecular weight is 335 g/mol. The summed E-state index contributed by atoms with van der Waals surface area (Å²) < 4.78 is 30.8. The van der Waals surface area contributed by atoms with Crippen LogP contribution in [-0.4, -0.2) is 45.4 Å². The summed E-state index contributed by atoms with van der Waals surface area (Å²) in [7, 11) is -2.37. The molecule has 1 rings (SSSR count). The van der Waals surface area contributed by atoms with Crippen LogP contribution in [0.2, 0.25) is 5.02 Å². The molecule has 1 aromatic carbocycles. The summed E-state index contributed by atoms with van der Waals surface area (Å²) in [6, 6.07) is 4.50. The molecule has 0 bridgehead atoms. The number of nitrogens with zero attached hydrogens (tertiary/aromatic N) is 1. The van der Waals surface area contributed by atoms with Gasteiger partial charge in [-0.2, -0.15) is 4.31 Å². The van der Waals surface area contributed by atoms with Crippen molar-refractivity contribution in [2.24, 2.45) is 0 Å². The fraction of sp³-hybridized carbons (Fsp3) is 0.462. The molecule has 21 heavy (non-hydrogen) atoms. The first kappa shape index (κ1) is 17.7. The van der Waals surface area contributed by atoms with E-state index in [1.807, 2.05) is 0 Å². The van der Waals surface area contributed by atoms with Crippen molar-refractivity contribution in [3.63, 3.8) is 0 Å². The highest BCUT2D eigenvalue weighted by atomic mass is 35.5. The largest absolute Gasteiger partial charge is 0.468 e. The molecule has 118 valence electrons. The van der Waals surface area contributed by atoms with E-state index in [1.54, 1.807) is 19.9 Å². The maximum atomic E-state index is 12.5. The highest BCUT2D eigenvalue weighted by Gasteiger charge is 2.24. The zero-order valence-electron chi connectivity index (χ0n) is 12.2. The van der Waals surface area contributed by atoms with Crippen molar-refractivity contribution in [2.75, 3.05) is 32.1 Å². The van der Waals surface area contributed by atoms with Crippen LogP contribution in [0.15, 0.2) is 23.1 Å². The third kappa shape index (κ3) is 4.33. The molecule has 0 spiro atoms. The summed E-state index contributed by atoms with van der Waals surface area (Å²) in [5.74, 6) is -0.446. The van der Waals surface area contributed by atoms with Gasteiger partial charge in [0.25, 0.3) is 0 Å². The standard InChI is InChI=1S/C13H19ClN2O4S/c1-4-16(5-2)21(18,19)12-8-10(6-7-11(12)14)15-9-13(17)20-3/h6-8,15H,4-5,9H2,1-3H3. The third-order valence-electron chi connectivity index (χ3n) is 2.92. The van der Waals surface area contributed by atoms with Crippen LogP contribution in [0.4, 0.5) is 5.69 Å². The van der Waals surface area contributed by atoms with Crippen molar-refractivity contribution < 1.29 is 17.9 Å². The second kappa shape index (κ2) is 7.63. The van der Waals surface area contributed by atoms with Crippen LogP contribution >= 0.6 is 11.6 Å². The number of carbonyl (C=O) groups is 1. The van der Waals surface area contributed by atoms with E-state index in [-0.39, 0.29) is 16.5 Å². The SMILES string of the molecule is CCN(CC)S(=O)(=O)c1cc(NCC(=O)OC)ccc1Cl. The van der Waals surface area contributed by atoms with Crippen molar-refractivity contribution in [1.82, 2.24) is 4.31 Å². The molecule has 6 nitrogen and oxygen atoms in total. The van der Waals surface area contributed by atoms with Crippen LogP contribution < -0.4 is 5.32 Å². The zero-order chi connectivity index (χ0) is 16.0. The minimum atomic E-state index is -3.65. The number of hydrogen-bond acceptors (Lipinski definition) is 5. The number of esters is 1. The summed E-state index contributed by atoms with van der Waals surface area (Å²) in [6.45, 7) is 4.18. The zero-order valence-corrected chi connectivity index (χ0v) is 13.8. The second-order valence-electron chi connectivity index (χ2n) is 4.16. The van der Waals surface area contributed by atoms with Crippen molar-refractivity contribution >= 4 is 33.3 Å². The van der Waals surface area contributed by atoms with Gasteiger partial charge in [0, 0.05) is 18.8 Å². The van der Waals surface area contributed by atoms with Crippen LogP contribution in [0.5, 0.6) is 0 Å². The molecule has 0 fully saturated rings. The molecule has 0 saturated carbocycles. The first-order chi connectivity index (χ1) is 9.86. The highest BCUT2D eigenvalue weighted by Crippen LogP contribution is 2.27. The van der Waals surface area contributed by atoms with Gasteiger partial charge in [0.2, 0.25) is 10.0 Å². The Morgan fingerprint density at radius 2 is 1.95 bits per heavy atom. The molecule has 0 aliphatic rings. The maximum absolute atomic E-state index is 12.5. The van der Waals surface area contributed by atoms with Crippen molar-refractivity contribution in [3.05, 3.63) is 23.2 Å². The minimum Gasteiger partial charge on any atom is -0.468 e. The van der Waals surface area contributed by atoms with Gasteiger partial charge in [0.15, 0.2) is 0 Å². The maximum Gasteiger partial charge on any atom is 0.325 e. The van der Waals surface area contributed by atoms with Crippen LogP contribution in [0, 0.1) is 0 Å². The van der Waals surface area contributed by atoms with E-state index in [9.17, 15) is 13.2 Å². The molecule has 0 heterocycles. The predicted molar refractivity (Wildman–Crippen MR) is 82.1 cm³/mol. The molecular formula is C13H19ClN2O4S. The predicted octanol–water partition coefficient (Wildman–Crippen LogP) is 1.96. The molecule has 1 aromatic rings. The summed E-state index contributed by atoms with van der Waals surface area (Å²) in [5, 5.41) is 2.94.